The van der Waals surface area contributed by atoms with Crippen molar-refractivity contribution in [2.75, 3.05) is 25.4 Å². The summed E-state index contributed by atoms with van der Waals surface area (Å²) in [6, 6.07) is 7.96. The van der Waals surface area contributed by atoms with Crippen molar-refractivity contribution in [3.63, 3.8) is 0 Å². The maximum Gasteiger partial charge on any atom is 0.265 e. The van der Waals surface area contributed by atoms with Gasteiger partial charge in [0.05, 0.1) is 34.5 Å². The molecule has 3 aromatic rings. The van der Waals surface area contributed by atoms with Crippen LogP contribution in [0.3, 0.4) is 0 Å². The molecule has 1 amide bonds. The van der Waals surface area contributed by atoms with Gasteiger partial charge in [-0.2, -0.15) is 0 Å². The van der Waals surface area contributed by atoms with Crippen LogP contribution < -0.4 is 5.73 Å². The summed E-state index contributed by atoms with van der Waals surface area (Å²) >= 11 is 3.18. The van der Waals surface area contributed by atoms with Crippen LogP contribution in [-0.2, 0) is 16.8 Å². The summed E-state index contributed by atoms with van der Waals surface area (Å²) < 4.78 is 6.34. The van der Waals surface area contributed by atoms with Crippen molar-refractivity contribution in [2.24, 2.45) is 0 Å². The van der Waals surface area contributed by atoms with Crippen LogP contribution in [0.4, 0.5) is 5.82 Å². The van der Waals surface area contributed by atoms with Gasteiger partial charge >= 0.3 is 0 Å². The van der Waals surface area contributed by atoms with Crippen molar-refractivity contribution < 1.29 is 9.53 Å². The first-order chi connectivity index (χ1) is 13.6. The van der Waals surface area contributed by atoms with E-state index in [1.807, 2.05) is 17.0 Å². The number of nitrogens with two attached hydrogens (primary N) is 1. The molecule has 0 radical (unpaired) electrons. The first-order valence-electron chi connectivity index (χ1n) is 9.32. The number of hydrogen-bond donors (Lipinski definition) is 1. The Kier molecular flexibility index (Phi) is 4.41. The third-order valence-electron chi connectivity index (χ3n) is 5.53. The van der Waals surface area contributed by atoms with Gasteiger partial charge < -0.3 is 15.4 Å². The van der Waals surface area contributed by atoms with Crippen LogP contribution >= 0.6 is 22.7 Å². The summed E-state index contributed by atoms with van der Waals surface area (Å²) in [5.74, 6) is 0.605. The molecule has 1 saturated heterocycles. The Balaban J connectivity index is 1.40. The highest BCUT2D eigenvalue weighted by Gasteiger charge is 2.43. The van der Waals surface area contributed by atoms with Gasteiger partial charge in [-0.15, -0.1) is 22.7 Å². The van der Waals surface area contributed by atoms with Gasteiger partial charge in [0.15, 0.2) is 0 Å². The van der Waals surface area contributed by atoms with E-state index >= 15 is 0 Å². The van der Waals surface area contributed by atoms with Gasteiger partial charge in [-0.25, -0.2) is 4.98 Å². The highest BCUT2D eigenvalue weighted by molar-refractivity contribution is 7.15. The molecule has 144 valence electrons. The quantitative estimate of drug-likeness (QED) is 0.696. The molecule has 1 fully saturated rings. The van der Waals surface area contributed by atoms with E-state index in [0.29, 0.717) is 23.8 Å². The fourth-order valence-corrected chi connectivity index (χ4v) is 5.88. The number of rotatable bonds is 2. The highest BCUT2D eigenvalue weighted by Crippen LogP contribution is 2.46. The largest absolute Gasteiger partial charge is 0.384 e. The molecule has 0 unspecified atom stereocenters. The molecule has 5 heterocycles. The number of fused-ring (bicyclic) bond motifs is 2. The van der Waals surface area contributed by atoms with E-state index in [1.165, 1.54) is 21.8 Å². The lowest BCUT2D eigenvalue weighted by atomic mass is 9.82. The number of piperidine rings is 1. The van der Waals surface area contributed by atoms with E-state index < -0.39 is 0 Å². The molecule has 5 rings (SSSR count). The lowest BCUT2D eigenvalue weighted by Crippen LogP contribution is -2.47. The van der Waals surface area contributed by atoms with Gasteiger partial charge in [-0.3, -0.25) is 9.78 Å². The standard InChI is InChI=1S/C20H20N4O2S2/c21-18-3-1-2-14(23-18)16-10-13-15(28-16)4-9-26-20(13)5-7-24(8-6-20)19(25)17-11-22-12-27-17/h1-3,10-12H,4-9H2,(H2,21,23). The highest BCUT2D eigenvalue weighted by atomic mass is 32.1. The van der Waals surface area contributed by atoms with E-state index in [0.717, 1.165) is 36.4 Å². The van der Waals surface area contributed by atoms with Gasteiger partial charge in [0, 0.05) is 24.4 Å². The first-order valence-corrected chi connectivity index (χ1v) is 11.0. The van der Waals surface area contributed by atoms with Crippen molar-refractivity contribution in [3.8, 4) is 10.6 Å². The van der Waals surface area contributed by atoms with Crippen molar-refractivity contribution in [2.45, 2.75) is 24.9 Å². The molecule has 2 aliphatic rings. The maximum absolute atomic E-state index is 12.6. The van der Waals surface area contributed by atoms with E-state index in [2.05, 4.69) is 16.0 Å². The zero-order valence-corrected chi connectivity index (χ0v) is 16.9. The third kappa shape index (κ3) is 3.01. The average Bonchev–Trinajstić information content (AvgIpc) is 3.39. The maximum atomic E-state index is 12.6. The number of carbonyl (C=O) groups is 1. The summed E-state index contributed by atoms with van der Waals surface area (Å²) in [6.07, 6.45) is 4.19. The van der Waals surface area contributed by atoms with Crippen molar-refractivity contribution >= 4 is 34.4 Å². The first kappa shape index (κ1) is 17.8. The molecule has 0 bridgehead atoms. The number of amides is 1. The molecule has 2 aliphatic heterocycles. The van der Waals surface area contributed by atoms with Crippen LogP contribution in [0.15, 0.2) is 36.0 Å². The summed E-state index contributed by atoms with van der Waals surface area (Å²) in [5.41, 5.74) is 9.45. The molecule has 2 N–H and O–H groups in total. The van der Waals surface area contributed by atoms with Crippen LogP contribution in [0.25, 0.3) is 10.6 Å². The number of nitrogen functional groups attached to an aromatic ring is 1. The monoisotopic (exact) mass is 412 g/mol. The zero-order chi connectivity index (χ0) is 19.1. The van der Waals surface area contributed by atoms with Gasteiger partial charge in [0.1, 0.15) is 10.7 Å². The van der Waals surface area contributed by atoms with Gasteiger partial charge in [0.25, 0.3) is 5.91 Å². The molecule has 8 heteroatoms. The van der Waals surface area contributed by atoms with Crippen LogP contribution in [-0.4, -0.2) is 40.5 Å². The predicted molar refractivity (Wildman–Crippen MR) is 111 cm³/mol. The smallest absolute Gasteiger partial charge is 0.265 e. The van der Waals surface area contributed by atoms with Crippen LogP contribution in [0.2, 0.25) is 0 Å². The molecule has 3 aromatic heterocycles. The Morgan fingerprint density at radius 3 is 2.89 bits per heavy atom. The Labute approximate surface area is 171 Å². The Hall–Kier alpha value is -2.29. The third-order valence-corrected chi connectivity index (χ3v) is 7.51. The minimum atomic E-state index is -0.298. The number of nitrogens with zero attached hydrogens (tertiary/aromatic N) is 3. The number of anilines is 1. The number of likely N-dealkylation sites (tertiary alicyclic amines) is 1. The second-order valence-corrected chi connectivity index (χ2v) is 9.17. The minimum Gasteiger partial charge on any atom is -0.384 e. The summed E-state index contributed by atoms with van der Waals surface area (Å²) in [5, 5.41) is 0. The molecule has 0 aliphatic carbocycles. The van der Waals surface area contributed by atoms with E-state index in [9.17, 15) is 4.79 Å². The number of aromatic nitrogens is 2. The van der Waals surface area contributed by atoms with Gasteiger partial charge in [-0.05, 0) is 36.6 Å². The molecule has 1 spiro atoms. The molecular weight excluding hydrogens is 392 g/mol. The van der Waals surface area contributed by atoms with Crippen molar-refractivity contribution in [3.05, 3.63) is 51.3 Å². The predicted octanol–water partition coefficient (Wildman–Crippen LogP) is 3.55. The summed E-state index contributed by atoms with van der Waals surface area (Å²) in [6.45, 7) is 2.11. The van der Waals surface area contributed by atoms with E-state index in [4.69, 9.17) is 10.5 Å². The summed E-state index contributed by atoms with van der Waals surface area (Å²) in [4.78, 5) is 26.3. The lowest BCUT2D eigenvalue weighted by molar-refractivity contribution is -0.0926. The Morgan fingerprint density at radius 1 is 1.29 bits per heavy atom. The van der Waals surface area contributed by atoms with Gasteiger partial charge in [-0.1, -0.05) is 6.07 Å². The number of thiazole rings is 1. The molecule has 6 nitrogen and oxygen atoms in total. The summed E-state index contributed by atoms with van der Waals surface area (Å²) in [7, 11) is 0. The molecule has 0 atom stereocenters. The lowest BCUT2D eigenvalue weighted by Gasteiger charge is -2.44. The molecular formula is C20H20N4O2S2. The van der Waals surface area contributed by atoms with Crippen molar-refractivity contribution in [1.29, 1.82) is 0 Å². The van der Waals surface area contributed by atoms with Crippen LogP contribution in [0.1, 0.15) is 33.0 Å². The van der Waals surface area contributed by atoms with Crippen LogP contribution in [0.5, 0.6) is 0 Å². The minimum absolute atomic E-state index is 0.0725. The van der Waals surface area contributed by atoms with Crippen LogP contribution in [0, 0.1) is 0 Å². The fourth-order valence-electron chi connectivity index (χ4n) is 4.09. The van der Waals surface area contributed by atoms with E-state index in [1.54, 1.807) is 29.1 Å². The second-order valence-electron chi connectivity index (χ2n) is 7.15. The van der Waals surface area contributed by atoms with Gasteiger partial charge in [0.2, 0.25) is 0 Å². The molecule has 0 saturated carbocycles. The number of hydrogen-bond acceptors (Lipinski definition) is 7. The van der Waals surface area contributed by atoms with E-state index in [-0.39, 0.29) is 11.5 Å². The number of pyridine rings is 1. The fraction of sp³-hybridized carbons (Fsp3) is 0.350. The SMILES string of the molecule is Nc1cccc(-c2cc3c(s2)CCOC32CCN(C(=O)c3cncs3)CC2)n1. The average molecular weight is 413 g/mol. The number of ether oxygens (including phenoxy) is 1. The molecule has 28 heavy (non-hydrogen) atoms. The topological polar surface area (TPSA) is 81.3 Å². The normalized spacial score (nSPS) is 18.2. The second kappa shape index (κ2) is 6.95. The zero-order valence-electron chi connectivity index (χ0n) is 15.3. The Bertz CT molecular complexity index is 1010. The van der Waals surface area contributed by atoms with Crippen molar-refractivity contribution in [1.82, 2.24) is 14.9 Å². The molecule has 0 aromatic carbocycles. The number of carbonyl (C=O) groups excluding carboxylic acids is 1. The Morgan fingerprint density at radius 2 is 2.14 bits per heavy atom. The number of thiophene rings is 1.